The minimum atomic E-state index is -0.383. The number of primary amides is 1. The molecule has 1 aliphatic rings. The second-order valence-corrected chi connectivity index (χ2v) is 7.23. The molecular formula is C19H17BrN4O2. The zero-order valence-electron chi connectivity index (χ0n) is 13.9. The van der Waals surface area contributed by atoms with Gasteiger partial charge in [-0.25, -0.2) is 0 Å². The smallest absolute Gasteiger partial charge is 0.241 e. The summed E-state index contributed by atoms with van der Waals surface area (Å²) >= 11 is 3.44. The predicted octanol–water partition coefficient (Wildman–Crippen LogP) is 2.91. The fourth-order valence-electron chi connectivity index (χ4n) is 3.26. The molecule has 2 aromatic carbocycles. The Kier molecular flexibility index (Phi) is 4.57. The van der Waals surface area contributed by atoms with Crippen molar-refractivity contribution in [2.45, 2.75) is 25.6 Å². The third-order valence-electron chi connectivity index (χ3n) is 4.56. The van der Waals surface area contributed by atoms with Crippen LogP contribution in [0.25, 0.3) is 11.4 Å². The molecule has 1 amide bonds. The van der Waals surface area contributed by atoms with E-state index in [9.17, 15) is 4.79 Å². The molecule has 0 saturated heterocycles. The monoisotopic (exact) mass is 412 g/mol. The lowest BCUT2D eigenvalue weighted by atomic mass is 9.93. The number of benzene rings is 2. The predicted molar refractivity (Wildman–Crippen MR) is 99.8 cm³/mol. The molecule has 0 saturated carbocycles. The summed E-state index contributed by atoms with van der Waals surface area (Å²) in [6.45, 7) is 1.00. The van der Waals surface area contributed by atoms with Crippen molar-refractivity contribution < 1.29 is 9.32 Å². The Morgan fingerprint density at radius 1 is 1.23 bits per heavy atom. The van der Waals surface area contributed by atoms with Gasteiger partial charge in [0.05, 0.1) is 12.6 Å². The van der Waals surface area contributed by atoms with E-state index in [4.69, 9.17) is 10.3 Å². The summed E-state index contributed by atoms with van der Waals surface area (Å²) in [6.07, 6.45) is 0.595. The summed E-state index contributed by atoms with van der Waals surface area (Å²) in [7, 11) is 0. The molecule has 0 bridgehead atoms. The van der Waals surface area contributed by atoms with E-state index in [0.717, 1.165) is 15.6 Å². The summed E-state index contributed by atoms with van der Waals surface area (Å²) in [5.74, 6) is 0.645. The number of rotatable bonds is 4. The average molecular weight is 413 g/mol. The SMILES string of the molecule is NC(=O)C1Cc2ccccc2CN1Cc1nc(-c2cccc(Br)c2)no1. The van der Waals surface area contributed by atoms with E-state index in [0.29, 0.717) is 31.2 Å². The average Bonchev–Trinajstić information content (AvgIpc) is 3.09. The minimum absolute atomic E-state index is 0.341. The number of hydrogen-bond acceptors (Lipinski definition) is 5. The molecule has 0 fully saturated rings. The molecule has 132 valence electrons. The van der Waals surface area contributed by atoms with E-state index in [2.05, 4.69) is 32.1 Å². The molecule has 7 heteroatoms. The van der Waals surface area contributed by atoms with Gasteiger partial charge in [-0.05, 0) is 29.7 Å². The normalized spacial score (nSPS) is 17.0. The molecule has 0 aliphatic carbocycles. The lowest BCUT2D eigenvalue weighted by Gasteiger charge is -2.33. The molecule has 1 unspecified atom stereocenters. The van der Waals surface area contributed by atoms with Gasteiger partial charge in [0, 0.05) is 16.6 Å². The van der Waals surface area contributed by atoms with E-state index in [-0.39, 0.29) is 11.9 Å². The van der Waals surface area contributed by atoms with Gasteiger partial charge in [0.15, 0.2) is 0 Å². The van der Waals surface area contributed by atoms with Crippen LogP contribution in [0.5, 0.6) is 0 Å². The maximum absolute atomic E-state index is 11.9. The molecule has 0 spiro atoms. The van der Waals surface area contributed by atoms with E-state index < -0.39 is 0 Å². The maximum Gasteiger partial charge on any atom is 0.241 e. The Labute approximate surface area is 159 Å². The number of hydrogen-bond donors (Lipinski definition) is 1. The highest BCUT2D eigenvalue weighted by Crippen LogP contribution is 2.26. The molecule has 1 atom stereocenters. The van der Waals surface area contributed by atoms with Crippen molar-refractivity contribution in [2.75, 3.05) is 0 Å². The van der Waals surface area contributed by atoms with Gasteiger partial charge in [0.1, 0.15) is 0 Å². The first kappa shape index (κ1) is 16.9. The van der Waals surface area contributed by atoms with Crippen LogP contribution < -0.4 is 5.73 Å². The Hall–Kier alpha value is -2.51. The molecule has 6 nitrogen and oxygen atoms in total. The molecule has 0 radical (unpaired) electrons. The van der Waals surface area contributed by atoms with Crippen molar-refractivity contribution in [3.8, 4) is 11.4 Å². The number of amides is 1. The van der Waals surface area contributed by atoms with Gasteiger partial charge in [0.25, 0.3) is 0 Å². The fourth-order valence-corrected chi connectivity index (χ4v) is 3.66. The number of nitrogens with zero attached hydrogens (tertiary/aromatic N) is 3. The van der Waals surface area contributed by atoms with Crippen molar-refractivity contribution in [2.24, 2.45) is 5.73 Å². The van der Waals surface area contributed by atoms with Crippen molar-refractivity contribution in [3.05, 3.63) is 70.0 Å². The highest BCUT2D eigenvalue weighted by molar-refractivity contribution is 9.10. The summed E-state index contributed by atoms with van der Waals surface area (Å²) in [5, 5.41) is 4.06. The standard InChI is InChI=1S/C19H17BrN4O2/c20-15-7-3-6-13(8-15)19-22-17(26-23-19)11-24-10-14-5-2-1-4-12(14)9-16(24)18(21)25/h1-8,16H,9-11H2,(H2,21,25). The molecule has 4 rings (SSSR count). The zero-order valence-corrected chi connectivity index (χ0v) is 15.5. The Morgan fingerprint density at radius 2 is 2.04 bits per heavy atom. The molecule has 3 aromatic rings. The lowest BCUT2D eigenvalue weighted by molar-refractivity contribution is -0.124. The van der Waals surface area contributed by atoms with Gasteiger partial charge in [-0.2, -0.15) is 4.98 Å². The Morgan fingerprint density at radius 3 is 2.81 bits per heavy atom. The lowest BCUT2D eigenvalue weighted by Crippen LogP contribution is -2.48. The molecule has 1 aliphatic heterocycles. The summed E-state index contributed by atoms with van der Waals surface area (Å²) in [6, 6.07) is 15.4. The van der Waals surface area contributed by atoms with Gasteiger partial charge < -0.3 is 10.3 Å². The van der Waals surface area contributed by atoms with Crippen LogP contribution in [0.1, 0.15) is 17.0 Å². The highest BCUT2D eigenvalue weighted by Gasteiger charge is 2.31. The second kappa shape index (κ2) is 7.01. The number of halogens is 1. The second-order valence-electron chi connectivity index (χ2n) is 6.32. The third kappa shape index (κ3) is 3.40. The summed E-state index contributed by atoms with van der Waals surface area (Å²) < 4.78 is 6.35. The molecule has 26 heavy (non-hydrogen) atoms. The van der Waals surface area contributed by atoms with Crippen LogP contribution in [0.15, 0.2) is 57.5 Å². The number of carbonyl (C=O) groups is 1. The van der Waals surface area contributed by atoms with Gasteiger partial charge in [-0.15, -0.1) is 0 Å². The van der Waals surface area contributed by atoms with Crippen molar-refractivity contribution in [1.82, 2.24) is 15.0 Å². The number of aromatic nitrogens is 2. The summed E-state index contributed by atoms with van der Waals surface area (Å²) in [4.78, 5) is 18.4. The molecular weight excluding hydrogens is 396 g/mol. The van der Waals surface area contributed by atoms with Gasteiger partial charge in [0.2, 0.25) is 17.6 Å². The first-order valence-corrected chi connectivity index (χ1v) is 9.08. The first-order valence-electron chi connectivity index (χ1n) is 8.29. The Bertz CT molecular complexity index is 956. The van der Waals surface area contributed by atoms with E-state index >= 15 is 0 Å². The van der Waals surface area contributed by atoms with Gasteiger partial charge in [-0.1, -0.05) is 57.5 Å². The minimum Gasteiger partial charge on any atom is -0.368 e. The van der Waals surface area contributed by atoms with E-state index in [1.807, 2.05) is 47.4 Å². The molecule has 2 heterocycles. The van der Waals surface area contributed by atoms with Crippen LogP contribution in [-0.2, 0) is 24.3 Å². The molecule has 1 aromatic heterocycles. The number of nitrogens with two attached hydrogens (primary N) is 1. The van der Waals surface area contributed by atoms with Crippen molar-refractivity contribution in [3.63, 3.8) is 0 Å². The van der Waals surface area contributed by atoms with Crippen LogP contribution in [0, 0.1) is 0 Å². The first-order chi connectivity index (χ1) is 12.6. The highest BCUT2D eigenvalue weighted by atomic mass is 79.9. The zero-order chi connectivity index (χ0) is 18.1. The van der Waals surface area contributed by atoms with Crippen LogP contribution in [0.2, 0.25) is 0 Å². The number of carbonyl (C=O) groups excluding carboxylic acids is 1. The van der Waals surface area contributed by atoms with Crippen molar-refractivity contribution in [1.29, 1.82) is 0 Å². The maximum atomic E-state index is 11.9. The molecule has 2 N–H and O–H groups in total. The number of fused-ring (bicyclic) bond motifs is 1. The third-order valence-corrected chi connectivity index (χ3v) is 5.06. The fraction of sp³-hybridized carbons (Fsp3) is 0.211. The Balaban J connectivity index is 1.57. The topological polar surface area (TPSA) is 85.3 Å². The van der Waals surface area contributed by atoms with E-state index in [1.165, 1.54) is 5.56 Å². The van der Waals surface area contributed by atoms with Crippen LogP contribution in [0.3, 0.4) is 0 Å². The van der Waals surface area contributed by atoms with Crippen LogP contribution in [0.4, 0.5) is 0 Å². The quantitative estimate of drug-likeness (QED) is 0.711. The van der Waals surface area contributed by atoms with Crippen LogP contribution >= 0.6 is 15.9 Å². The van der Waals surface area contributed by atoms with Crippen LogP contribution in [-0.4, -0.2) is 27.0 Å². The van der Waals surface area contributed by atoms with Gasteiger partial charge >= 0.3 is 0 Å². The van der Waals surface area contributed by atoms with Gasteiger partial charge in [-0.3, -0.25) is 9.69 Å². The largest absolute Gasteiger partial charge is 0.368 e. The summed E-state index contributed by atoms with van der Waals surface area (Å²) in [5.41, 5.74) is 8.85. The van der Waals surface area contributed by atoms with Crippen molar-refractivity contribution >= 4 is 21.8 Å². The van der Waals surface area contributed by atoms with E-state index in [1.54, 1.807) is 0 Å².